The van der Waals surface area contributed by atoms with Crippen molar-refractivity contribution in [2.45, 2.75) is 31.8 Å². The molecule has 1 aliphatic rings. The largest absolute Gasteiger partial charge is 0.395 e. The molecule has 3 N–H and O–H groups in total. The number of nitrogens with zero attached hydrogens (tertiary/aromatic N) is 1. The third-order valence-corrected chi connectivity index (χ3v) is 3.48. The molecule has 0 spiro atoms. The van der Waals surface area contributed by atoms with E-state index in [1.54, 1.807) is 0 Å². The van der Waals surface area contributed by atoms with E-state index in [1.165, 1.54) is 24.0 Å². The number of hydrogen-bond acceptors (Lipinski definition) is 3. The fourth-order valence-electron chi connectivity index (χ4n) is 2.40. The van der Waals surface area contributed by atoms with Gasteiger partial charge in [-0.25, -0.2) is 0 Å². The van der Waals surface area contributed by atoms with E-state index in [-0.39, 0.29) is 12.6 Å². The van der Waals surface area contributed by atoms with Crippen molar-refractivity contribution in [3.8, 4) is 0 Å². The molecule has 0 fully saturated rings. The predicted molar refractivity (Wildman–Crippen MR) is 69.7 cm³/mol. The van der Waals surface area contributed by atoms with Gasteiger partial charge >= 0.3 is 0 Å². The number of aliphatic hydroxyl groups excluding tert-OH is 1. The van der Waals surface area contributed by atoms with Crippen molar-refractivity contribution in [2.75, 3.05) is 19.7 Å². The predicted octanol–water partition coefficient (Wildman–Crippen LogP) is 1.14. The summed E-state index contributed by atoms with van der Waals surface area (Å²) in [4.78, 5) is 2.45. The van der Waals surface area contributed by atoms with Crippen molar-refractivity contribution in [1.29, 1.82) is 0 Å². The van der Waals surface area contributed by atoms with Gasteiger partial charge in [0.1, 0.15) is 0 Å². The van der Waals surface area contributed by atoms with Gasteiger partial charge in [-0.1, -0.05) is 24.3 Å². The van der Waals surface area contributed by atoms with Crippen LogP contribution in [0.1, 0.15) is 24.0 Å². The van der Waals surface area contributed by atoms with Crippen molar-refractivity contribution in [1.82, 2.24) is 4.90 Å². The molecule has 2 rings (SSSR count). The van der Waals surface area contributed by atoms with Crippen LogP contribution in [0.4, 0.5) is 0 Å². The number of benzene rings is 1. The summed E-state index contributed by atoms with van der Waals surface area (Å²) in [6.07, 6.45) is 3.27. The summed E-state index contributed by atoms with van der Waals surface area (Å²) < 4.78 is 0. The first-order valence-corrected chi connectivity index (χ1v) is 6.45. The van der Waals surface area contributed by atoms with Gasteiger partial charge in [-0.05, 0) is 36.9 Å². The number of aryl methyl sites for hydroxylation is 1. The van der Waals surface area contributed by atoms with Crippen LogP contribution in [0.5, 0.6) is 0 Å². The second-order valence-corrected chi connectivity index (χ2v) is 4.88. The number of hydrogen-bond donors (Lipinski definition) is 2. The Morgan fingerprint density at radius 3 is 2.82 bits per heavy atom. The molecule has 0 aromatic heterocycles. The monoisotopic (exact) mass is 234 g/mol. The molecule has 3 heteroatoms. The van der Waals surface area contributed by atoms with Crippen LogP contribution in [0.15, 0.2) is 24.3 Å². The molecule has 1 aromatic rings. The van der Waals surface area contributed by atoms with Gasteiger partial charge in [0, 0.05) is 19.1 Å². The van der Waals surface area contributed by atoms with Crippen LogP contribution in [-0.4, -0.2) is 35.7 Å². The minimum atomic E-state index is -0.0755. The molecule has 3 nitrogen and oxygen atoms in total. The molecule has 0 aliphatic carbocycles. The third-order valence-electron chi connectivity index (χ3n) is 3.48. The van der Waals surface area contributed by atoms with Gasteiger partial charge in [-0.3, -0.25) is 4.90 Å². The highest BCUT2D eigenvalue weighted by atomic mass is 16.3. The molecule has 0 bridgehead atoms. The number of fused-ring (bicyclic) bond motifs is 1. The maximum atomic E-state index is 8.93. The van der Waals surface area contributed by atoms with Gasteiger partial charge < -0.3 is 10.8 Å². The molecule has 0 amide bonds. The Morgan fingerprint density at radius 2 is 2.06 bits per heavy atom. The van der Waals surface area contributed by atoms with E-state index in [0.717, 1.165) is 26.1 Å². The van der Waals surface area contributed by atoms with Crippen molar-refractivity contribution in [3.05, 3.63) is 35.4 Å². The van der Waals surface area contributed by atoms with Crippen molar-refractivity contribution in [2.24, 2.45) is 5.73 Å². The zero-order chi connectivity index (χ0) is 12.1. The Kier molecular flexibility index (Phi) is 4.54. The number of rotatable bonds is 4. The highest BCUT2D eigenvalue weighted by Gasteiger charge is 2.14. The summed E-state index contributed by atoms with van der Waals surface area (Å²) in [6.45, 7) is 3.22. The lowest BCUT2D eigenvalue weighted by molar-refractivity contribution is 0.221. The Hall–Kier alpha value is -0.900. The molecule has 17 heavy (non-hydrogen) atoms. The molecule has 1 heterocycles. The highest BCUT2D eigenvalue weighted by Crippen LogP contribution is 2.18. The molecule has 0 radical (unpaired) electrons. The van der Waals surface area contributed by atoms with Gasteiger partial charge in [-0.2, -0.15) is 0 Å². The lowest BCUT2D eigenvalue weighted by atomic mass is 10.0. The summed E-state index contributed by atoms with van der Waals surface area (Å²) in [7, 11) is 0. The van der Waals surface area contributed by atoms with E-state index in [2.05, 4.69) is 29.2 Å². The summed E-state index contributed by atoms with van der Waals surface area (Å²) in [5.41, 5.74) is 8.68. The normalized spacial score (nSPS) is 18.5. The average Bonchev–Trinajstić information content (AvgIpc) is 2.57. The van der Waals surface area contributed by atoms with Crippen LogP contribution in [0.3, 0.4) is 0 Å². The van der Waals surface area contributed by atoms with Crippen LogP contribution in [0.25, 0.3) is 0 Å². The molecule has 1 aromatic carbocycles. The molecule has 1 unspecified atom stereocenters. The zero-order valence-electron chi connectivity index (χ0n) is 10.3. The lowest BCUT2D eigenvalue weighted by Gasteiger charge is -2.21. The van der Waals surface area contributed by atoms with E-state index in [0.29, 0.717) is 0 Å². The maximum Gasteiger partial charge on any atom is 0.0583 e. The minimum absolute atomic E-state index is 0.0755. The SMILES string of the molecule is NC(CO)CCN1CCCc2ccccc2C1. The Bertz CT molecular complexity index is 354. The lowest BCUT2D eigenvalue weighted by Crippen LogP contribution is -2.32. The third kappa shape index (κ3) is 3.53. The van der Waals surface area contributed by atoms with E-state index in [4.69, 9.17) is 10.8 Å². The summed E-state index contributed by atoms with van der Waals surface area (Å²) in [5, 5.41) is 8.93. The van der Waals surface area contributed by atoms with Crippen LogP contribution in [-0.2, 0) is 13.0 Å². The first kappa shape index (κ1) is 12.6. The summed E-state index contributed by atoms with van der Waals surface area (Å²) >= 11 is 0. The Morgan fingerprint density at radius 1 is 1.29 bits per heavy atom. The van der Waals surface area contributed by atoms with E-state index >= 15 is 0 Å². The minimum Gasteiger partial charge on any atom is -0.395 e. The smallest absolute Gasteiger partial charge is 0.0583 e. The first-order valence-electron chi connectivity index (χ1n) is 6.45. The molecule has 1 aliphatic heterocycles. The second kappa shape index (κ2) is 6.15. The number of nitrogens with two attached hydrogens (primary N) is 1. The summed E-state index contributed by atoms with van der Waals surface area (Å²) in [5.74, 6) is 0. The van der Waals surface area contributed by atoms with E-state index in [1.807, 2.05) is 0 Å². The van der Waals surface area contributed by atoms with Gasteiger partial charge in [-0.15, -0.1) is 0 Å². The number of aliphatic hydroxyl groups is 1. The van der Waals surface area contributed by atoms with Crippen molar-refractivity contribution >= 4 is 0 Å². The van der Waals surface area contributed by atoms with Crippen LogP contribution < -0.4 is 5.73 Å². The van der Waals surface area contributed by atoms with Gasteiger partial charge in [0.2, 0.25) is 0 Å². The quantitative estimate of drug-likeness (QED) is 0.821. The molecule has 1 atom stereocenters. The highest BCUT2D eigenvalue weighted by molar-refractivity contribution is 5.27. The standard InChI is InChI=1S/C14H22N2O/c15-14(11-17)7-9-16-8-3-6-12-4-1-2-5-13(12)10-16/h1-2,4-5,14,17H,3,6-11,15H2. The molecule has 0 saturated carbocycles. The van der Waals surface area contributed by atoms with E-state index in [9.17, 15) is 0 Å². The summed E-state index contributed by atoms with van der Waals surface area (Å²) in [6, 6.07) is 8.61. The zero-order valence-corrected chi connectivity index (χ0v) is 10.3. The molecular formula is C14H22N2O. The van der Waals surface area contributed by atoms with E-state index < -0.39 is 0 Å². The van der Waals surface area contributed by atoms with Crippen molar-refractivity contribution in [3.63, 3.8) is 0 Å². The second-order valence-electron chi connectivity index (χ2n) is 4.88. The van der Waals surface area contributed by atoms with Gasteiger partial charge in [0.05, 0.1) is 6.61 Å². The average molecular weight is 234 g/mol. The van der Waals surface area contributed by atoms with Gasteiger partial charge in [0.25, 0.3) is 0 Å². The maximum absolute atomic E-state index is 8.93. The molecule has 94 valence electrons. The van der Waals surface area contributed by atoms with Crippen LogP contribution in [0.2, 0.25) is 0 Å². The van der Waals surface area contributed by atoms with Crippen molar-refractivity contribution < 1.29 is 5.11 Å². The topological polar surface area (TPSA) is 49.5 Å². The fourth-order valence-corrected chi connectivity index (χ4v) is 2.40. The van der Waals surface area contributed by atoms with Gasteiger partial charge in [0.15, 0.2) is 0 Å². The molecular weight excluding hydrogens is 212 g/mol. The van der Waals surface area contributed by atoms with Crippen LogP contribution >= 0.6 is 0 Å². The first-order chi connectivity index (χ1) is 8.29. The Labute approximate surface area is 103 Å². The van der Waals surface area contributed by atoms with Crippen LogP contribution in [0, 0.1) is 0 Å². The molecule has 0 saturated heterocycles. The Balaban J connectivity index is 1.94. The fraction of sp³-hybridized carbons (Fsp3) is 0.571.